The summed E-state index contributed by atoms with van der Waals surface area (Å²) < 4.78 is 5.05. The number of aliphatic carboxylic acids is 1. The molecule has 2 heterocycles. The van der Waals surface area contributed by atoms with Gasteiger partial charge in [-0.05, 0) is 32.2 Å². The summed E-state index contributed by atoms with van der Waals surface area (Å²) in [5, 5.41) is 11.7. The van der Waals surface area contributed by atoms with Gasteiger partial charge in [0.05, 0.1) is 16.6 Å². The topological polar surface area (TPSA) is 62.7 Å². The zero-order valence-electron chi connectivity index (χ0n) is 11.9. The molecule has 1 saturated heterocycles. The zero-order chi connectivity index (χ0) is 14.4. The van der Waals surface area contributed by atoms with Crippen molar-refractivity contribution in [3.63, 3.8) is 0 Å². The zero-order valence-corrected chi connectivity index (χ0v) is 12.7. The third kappa shape index (κ3) is 3.77. The minimum absolute atomic E-state index is 0.615. The first-order valence-electron chi connectivity index (χ1n) is 6.98. The number of carboxylic acid groups (broad SMARTS) is 1. The molecule has 5 nitrogen and oxygen atoms in total. The number of ether oxygens (including phenoxy) is 1. The summed E-state index contributed by atoms with van der Waals surface area (Å²) in [5.41, 5.74) is 2.24. The lowest BCUT2D eigenvalue weighted by Crippen LogP contribution is -2.47. The van der Waals surface area contributed by atoms with E-state index in [2.05, 4.69) is 9.88 Å². The van der Waals surface area contributed by atoms with Crippen molar-refractivity contribution in [1.29, 1.82) is 0 Å². The average Bonchev–Trinajstić information content (AvgIpc) is 2.92. The number of aromatic nitrogens is 1. The highest BCUT2D eigenvalue weighted by Gasteiger charge is 2.41. The lowest BCUT2D eigenvalue weighted by molar-refractivity contribution is -0.153. The molecule has 0 saturated carbocycles. The van der Waals surface area contributed by atoms with Gasteiger partial charge >= 0.3 is 5.97 Å². The lowest BCUT2D eigenvalue weighted by Gasteiger charge is -2.39. The smallest absolute Gasteiger partial charge is 0.310 e. The molecule has 0 aliphatic carbocycles. The van der Waals surface area contributed by atoms with Crippen LogP contribution in [-0.2, 0) is 16.1 Å². The summed E-state index contributed by atoms with van der Waals surface area (Å²) in [7, 11) is 1.66. The van der Waals surface area contributed by atoms with Gasteiger partial charge in [0, 0.05) is 32.2 Å². The van der Waals surface area contributed by atoms with Gasteiger partial charge in [0.15, 0.2) is 0 Å². The Morgan fingerprint density at radius 1 is 1.65 bits per heavy atom. The van der Waals surface area contributed by atoms with Gasteiger partial charge in [-0.3, -0.25) is 9.69 Å². The number of likely N-dealkylation sites (tertiary alicyclic amines) is 1. The molecular formula is C14H22N2O3S. The van der Waals surface area contributed by atoms with Gasteiger partial charge in [0.2, 0.25) is 0 Å². The molecular weight excluding hydrogens is 276 g/mol. The second-order valence-corrected chi connectivity index (χ2v) is 6.19. The van der Waals surface area contributed by atoms with E-state index in [1.165, 1.54) is 0 Å². The molecule has 0 amide bonds. The Morgan fingerprint density at radius 2 is 2.50 bits per heavy atom. The minimum atomic E-state index is -0.670. The molecule has 1 aliphatic rings. The van der Waals surface area contributed by atoms with E-state index < -0.39 is 11.4 Å². The first kappa shape index (κ1) is 15.4. The molecule has 1 fully saturated rings. The highest BCUT2D eigenvalue weighted by Crippen LogP contribution is 2.35. The summed E-state index contributed by atoms with van der Waals surface area (Å²) >= 11 is 1.58. The Balaban J connectivity index is 1.98. The Bertz CT molecular complexity index is 424. The van der Waals surface area contributed by atoms with Gasteiger partial charge in [-0.15, -0.1) is 11.3 Å². The van der Waals surface area contributed by atoms with Crippen molar-refractivity contribution < 1.29 is 14.6 Å². The van der Waals surface area contributed by atoms with Crippen molar-refractivity contribution in [3.05, 3.63) is 16.6 Å². The van der Waals surface area contributed by atoms with Gasteiger partial charge < -0.3 is 9.84 Å². The summed E-state index contributed by atoms with van der Waals surface area (Å²) in [4.78, 5) is 18.2. The Morgan fingerprint density at radius 3 is 3.15 bits per heavy atom. The number of carboxylic acids is 1. The largest absolute Gasteiger partial charge is 0.481 e. The second-order valence-electron chi connectivity index (χ2n) is 5.48. The summed E-state index contributed by atoms with van der Waals surface area (Å²) in [5.74, 6) is -0.670. The lowest BCUT2D eigenvalue weighted by atomic mass is 9.76. The van der Waals surface area contributed by atoms with Crippen LogP contribution in [0.2, 0.25) is 0 Å². The third-order valence-electron chi connectivity index (χ3n) is 3.98. The Labute approximate surface area is 123 Å². The number of methoxy groups -OCH3 is 1. The Hall–Kier alpha value is -0.980. The normalized spacial score (nSPS) is 23.9. The van der Waals surface area contributed by atoms with Crippen molar-refractivity contribution in [3.8, 4) is 0 Å². The summed E-state index contributed by atoms with van der Waals surface area (Å²) in [6.45, 7) is 2.95. The fraction of sp³-hybridized carbons (Fsp3) is 0.714. The predicted octanol–water partition coefficient (Wildman–Crippen LogP) is 2.24. The van der Waals surface area contributed by atoms with E-state index in [9.17, 15) is 9.90 Å². The van der Waals surface area contributed by atoms with E-state index >= 15 is 0 Å². The molecule has 112 valence electrons. The standard InChI is InChI=1S/C14H22N2O3S/c1-19-7-3-5-14(13(17)18)4-2-6-16(10-14)8-12-9-20-11-15-12/h9,11H,2-8,10H2,1H3,(H,17,18)/t14-/m0/s1. The van der Waals surface area contributed by atoms with E-state index in [1.807, 2.05) is 10.9 Å². The summed E-state index contributed by atoms with van der Waals surface area (Å²) in [6, 6.07) is 0. The van der Waals surface area contributed by atoms with Crippen LogP contribution in [0.25, 0.3) is 0 Å². The van der Waals surface area contributed by atoms with Crippen LogP contribution < -0.4 is 0 Å². The van der Waals surface area contributed by atoms with Gasteiger partial charge in [-0.25, -0.2) is 4.98 Å². The number of piperidine rings is 1. The number of thiazole rings is 1. The van der Waals surface area contributed by atoms with Crippen LogP contribution in [0, 0.1) is 5.41 Å². The number of rotatable bonds is 7. The van der Waals surface area contributed by atoms with Crippen molar-refractivity contribution >= 4 is 17.3 Å². The number of nitrogens with zero attached hydrogens (tertiary/aromatic N) is 2. The van der Waals surface area contributed by atoms with E-state index in [0.717, 1.165) is 38.0 Å². The van der Waals surface area contributed by atoms with Crippen LogP contribution in [-0.4, -0.2) is 47.8 Å². The van der Waals surface area contributed by atoms with Crippen molar-refractivity contribution in [2.24, 2.45) is 5.41 Å². The quantitative estimate of drug-likeness (QED) is 0.782. The molecule has 0 radical (unpaired) electrons. The average molecular weight is 298 g/mol. The van der Waals surface area contributed by atoms with Crippen LogP contribution in [0.1, 0.15) is 31.4 Å². The van der Waals surface area contributed by atoms with Crippen molar-refractivity contribution in [2.75, 3.05) is 26.8 Å². The molecule has 1 aliphatic heterocycles. The highest BCUT2D eigenvalue weighted by molar-refractivity contribution is 7.07. The fourth-order valence-electron chi connectivity index (χ4n) is 2.95. The number of hydrogen-bond donors (Lipinski definition) is 1. The molecule has 1 aromatic heterocycles. The molecule has 0 bridgehead atoms. The fourth-order valence-corrected chi connectivity index (χ4v) is 3.50. The maximum Gasteiger partial charge on any atom is 0.310 e. The van der Waals surface area contributed by atoms with Gasteiger partial charge in [-0.1, -0.05) is 0 Å². The van der Waals surface area contributed by atoms with Crippen LogP contribution in [0.3, 0.4) is 0 Å². The molecule has 20 heavy (non-hydrogen) atoms. The minimum Gasteiger partial charge on any atom is -0.481 e. The van der Waals surface area contributed by atoms with Gasteiger partial charge in [-0.2, -0.15) is 0 Å². The monoisotopic (exact) mass is 298 g/mol. The maximum atomic E-state index is 11.7. The predicted molar refractivity (Wildman–Crippen MR) is 77.8 cm³/mol. The maximum absolute atomic E-state index is 11.7. The Kier molecular flexibility index (Phi) is 5.51. The summed E-state index contributed by atoms with van der Waals surface area (Å²) in [6.07, 6.45) is 3.18. The van der Waals surface area contributed by atoms with Crippen LogP contribution in [0.5, 0.6) is 0 Å². The number of hydrogen-bond acceptors (Lipinski definition) is 5. The van der Waals surface area contributed by atoms with Crippen molar-refractivity contribution in [1.82, 2.24) is 9.88 Å². The highest BCUT2D eigenvalue weighted by atomic mass is 32.1. The van der Waals surface area contributed by atoms with Gasteiger partial charge in [0.1, 0.15) is 0 Å². The van der Waals surface area contributed by atoms with E-state index in [-0.39, 0.29) is 0 Å². The molecule has 0 spiro atoms. The molecule has 0 unspecified atom stereocenters. The molecule has 2 rings (SSSR count). The first-order valence-corrected chi connectivity index (χ1v) is 7.92. The van der Waals surface area contributed by atoms with Crippen LogP contribution in [0.4, 0.5) is 0 Å². The van der Waals surface area contributed by atoms with E-state index in [1.54, 1.807) is 18.4 Å². The van der Waals surface area contributed by atoms with Gasteiger partial charge in [0.25, 0.3) is 0 Å². The van der Waals surface area contributed by atoms with Crippen molar-refractivity contribution in [2.45, 2.75) is 32.2 Å². The van der Waals surface area contributed by atoms with E-state index in [0.29, 0.717) is 19.6 Å². The molecule has 1 atom stereocenters. The first-order chi connectivity index (χ1) is 9.66. The van der Waals surface area contributed by atoms with Crippen LogP contribution in [0.15, 0.2) is 10.9 Å². The molecule has 1 aromatic rings. The third-order valence-corrected chi connectivity index (χ3v) is 4.62. The second kappa shape index (κ2) is 7.15. The van der Waals surface area contributed by atoms with Crippen LogP contribution >= 0.6 is 11.3 Å². The molecule has 6 heteroatoms. The van der Waals surface area contributed by atoms with E-state index in [4.69, 9.17) is 4.74 Å². The molecule has 1 N–H and O–H groups in total. The number of carbonyl (C=O) groups is 1. The SMILES string of the molecule is COCCC[C@@]1(C(=O)O)CCCN(Cc2cscn2)C1. The molecule has 0 aromatic carbocycles.